The van der Waals surface area contributed by atoms with Gasteiger partial charge in [0.05, 0.1) is 10.5 Å². The Kier molecular flexibility index (Phi) is 5.26. The van der Waals surface area contributed by atoms with E-state index in [0.717, 1.165) is 4.31 Å². The van der Waals surface area contributed by atoms with Gasteiger partial charge in [0.25, 0.3) is 15.9 Å². The normalized spacial score (nSPS) is 14.5. The largest absolute Gasteiger partial charge is 0.420 e. The number of pyridine rings is 1. The zero-order chi connectivity index (χ0) is 22.0. The summed E-state index contributed by atoms with van der Waals surface area (Å²) < 4.78 is 32.5. The van der Waals surface area contributed by atoms with E-state index in [4.69, 9.17) is 4.74 Å². The molecule has 1 aliphatic heterocycles. The highest BCUT2D eigenvalue weighted by Gasteiger charge is 2.39. The summed E-state index contributed by atoms with van der Waals surface area (Å²) in [5, 5.41) is 2.55. The molecule has 0 aliphatic carbocycles. The number of hydrogen-bond donors (Lipinski definition) is 1. The zero-order valence-electron chi connectivity index (χ0n) is 16.3. The van der Waals surface area contributed by atoms with Crippen molar-refractivity contribution in [1.29, 1.82) is 0 Å². The van der Waals surface area contributed by atoms with E-state index < -0.39 is 21.9 Å². The minimum Gasteiger partial charge on any atom is -0.420 e. The number of carbonyl (C=O) groups excluding carboxylic acids is 2. The lowest BCUT2D eigenvalue weighted by Gasteiger charge is -2.30. The van der Waals surface area contributed by atoms with Crippen LogP contribution in [0.25, 0.3) is 5.76 Å². The summed E-state index contributed by atoms with van der Waals surface area (Å²) in [6, 6.07) is 19.2. The summed E-state index contributed by atoms with van der Waals surface area (Å²) >= 11 is 0. The molecule has 31 heavy (non-hydrogen) atoms. The number of amides is 1. The lowest BCUT2D eigenvalue weighted by molar-refractivity contribution is -0.113. The molecule has 2 heterocycles. The summed E-state index contributed by atoms with van der Waals surface area (Å²) in [7, 11) is -2.81. The van der Waals surface area contributed by atoms with E-state index in [2.05, 4.69) is 10.3 Å². The van der Waals surface area contributed by atoms with Crippen molar-refractivity contribution in [3.8, 4) is 0 Å². The van der Waals surface area contributed by atoms with Gasteiger partial charge >= 0.3 is 5.97 Å². The molecule has 2 aromatic carbocycles. The van der Waals surface area contributed by atoms with Crippen molar-refractivity contribution in [2.24, 2.45) is 0 Å². The molecule has 4 rings (SSSR count). The van der Waals surface area contributed by atoms with Gasteiger partial charge in [-0.25, -0.2) is 18.2 Å². The first-order valence-electron chi connectivity index (χ1n) is 9.22. The molecule has 9 heteroatoms. The topological polar surface area (TPSA) is 106 Å². The molecular weight excluding hydrogens is 418 g/mol. The SMILES string of the molecule is CN1C(C(=O)Nc2ccccn2)=C(OC(=O)c2ccccc2)c2ccccc2S1(=O)=O. The molecule has 3 aromatic rings. The summed E-state index contributed by atoms with van der Waals surface area (Å²) in [6.07, 6.45) is 1.48. The van der Waals surface area contributed by atoms with Crippen molar-refractivity contribution in [1.82, 2.24) is 9.29 Å². The monoisotopic (exact) mass is 435 g/mol. The zero-order valence-corrected chi connectivity index (χ0v) is 17.2. The number of rotatable bonds is 4. The Morgan fingerprint density at radius 3 is 2.32 bits per heavy atom. The molecule has 0 radical (unpaired) electrons. The number of ether oxygens (including phenoxy) is 1. The van der Waals surface area contributed by atoms with Crippen molar-refractivity contribution in [2.45, 2.75) is 4.90 Å². The van der Waals surface area contributed by atoms with E-state index >= 15 is 0 Å². The lowest BCUT2D eigenvalue weighted by Crippen LogP contribution is -2.38. The van der Waals surface area contributed by atoms with E-state index in [1.807, 2.05) is 0 Å². The van der Waals surface area contributed by atoms with E-state index in [0.29, 0.717) is 0 Å². The molecule has 8 nitrogen and oxygen atoms in total. The van der Waals surface area contributed by atoms with Gasteiger partial charge < -0.3 is 10.1 Å². The van der Waals surface area contributed by atoms with Gasteiger partial charge in [-0.15, -0.1) is 0 Å². The Hall–Kier alpha value is -3.98. The quantitative estimate of drug-likeness (QED) is 0.632. The average molecular weight is 435 g/mol. The molecule has 1 aliphatic rings. The average Bonchev–Trinajstić information content (AvgIpc) is 2.79. The van der Waals surface area contributed by atoms with Gasteiger partial charge in [0.2, 0.25) is 0 Å². The van der Waals surface area contributed by atoms with Crippen LogP contribution in [0.4, 0.5) is 5.82 Å². The molecule has 0 saturated carbocycles. The summed E-state index contributed by atoms with van der Waals surface area (Å²) in [5.41, 5.74) is 0.0535. The third-order valence-corrected chi connectivity index (χ3v) is 6.44. The lowest BCUT2D eigenvalue weighted by atomic mass is 10.1. The third-order valence-electron chi connectivity index (χ3n) is 4.63. The number of nitrogens with zero attached hydrogens (tertiary/aromatic N) is 2. The van der Waals surface area contributed by atoms with Gasteiger partial charge in [0.15, 0.2) is 11.5 Å². The van der Waals surface area contributed by atoms with Crippen LogP contribution in [0.5, 0.6) is 0 Å². The molecule has 0 unspecified atom stereocenters. The number of fused-ring (bicyclic) bond motifs is 1. The molecule has 0 spiro atoms. The highest BCUT2D eigenvalue weighted by Crippen LogP contribution is 2.37. The Bertz CT molecular complexity index is 1290. The number of hydrogen-bond acceptors (Lipinski definition) is 6. The van der Waals surface area contributed by atoms with Crippen molar-refractivity contribution in [3.63, 3.8) is 0 Å². The molecule has 0 bridgehead atoms. The van der Waals surface area contributed by atoms with Gasteiger partial charge in [0.1, 0.15) is 5.82 Å². The maximum atomic E-state index is 13.1. The van der Waals surface area contributed by atoms with Gasteiger partial charge in [-0.1, -0.05) is 36.4 Å². The van der Waals surface area contributed by atoms with Crippen molar-refractivity contribution < 1.29 is 22.7 Å². The molecular formula is C22H17N3O5S. The maximum absolute atomic E-state index is 13.1. The van der Waals surface area contributed by atoms with Crippen LogP contribution in [0.2, 0.25) is 0 Å². The fraction of sp³-hybridized carbons (Fsp3) is 0.0455. The van der Waals surface area contributed by atoms with E-state index in [-0.39, 0.29) is 33.3 Å². The maximum Gasteiger partial charge on any atom is 0.343 e. The van der Waals surface area contributed by atoms with Gasteiger partial charge in [-0.05, 0) is 36.4 Å². The van der Waals surface area contributed by atoms with Crippen LogP contribution >= 0.6 is 0 Å². The number of aromatic nitrogens is 1. The Morgan fingerprint density at radius 2 is 1.61 bits per heavy atom. The smallest absolute Gasteiger partial charge is 0.343 e. The number of carbonyl (C=O) groups is 2. The van der Waals surface area contributed by atoms with E-state index in [1.54, 1.807) is 60.7 Å². The predicted molar refractivity (Wildman–Crippen MR) is 113 cm³/mol. The Balaban J connectivity index is 1.85. The molecule has 1 amide bonds. The minimum absolute atomic E-state index is 0.0669. The Labute approximate surface area is 178 Å². The molecule has 0 saturated heterocycles. The van der Waals surface area contributed by atoms with Crippen LogP contribution in [0, 0.1) is 0 Å². The van der Waals surface area contributed by atoms with Crippen LogP contribution in [0.3, 0.4) is 0 Å². The highest BCUT2D eigenvalue weighted by molar-refractivity contribution is 7.89. The Morgan fingerprint density at radius 1 is 0.935 bits per heavy atom. The number of likely N-dealkylation sites (N-methyl/N-ethyl adjacent to an activating group) is 1. The summed E-state index contributed by atoms with van der Waals surface area (Å²) in [5.74, 6) is -1.44. The van der Waals surface area contributed by atoms with Crippen molar-refractivity contribution >= 4 is 33.5 Å². The first-order valence-corrected chi connectivity index (χ1v) is 10.7. The van der Waals surface area contributed by atoms with E-state index in [9.17, 15) is 18.0 Å². The van der Waals surface area contributed by atoms with Crippen molar-refractivity contribution in [2.75, 3.05) is 12.4 Å². The second kappa shape index (κ2) is 8.04. The number of sulfonamides is 1. The molecule has 156 valence electrons. The van der Waals surface area contributed by atoms with Gasteiger partial charge in [-0.2, -0.15) is 0 Å². The fourth-order valence-corrected chi connectivity index (χ4v) is 4.50. The van der Waals surface area contributed by atoms with Crippen LogP contribution < -0.4 is 5.32 Å². The van der Waals surface area contributed by atoms with Crippen LogP contribution in [-0.4, -0.2) is 36.6 Å². The van der Waals surface area contributed by atoms with Crippen LogP contribution in [0.15, 0.2) is 89.6 Å². The van der Waals surface area contributed by atoms with Crippen molar-refractivity contribution in [3.05, 3.63) is 95.8 Å². The molecule has 0 atom stereocenters. The highest BCUT2D eigenvalue weighted by atomic mass is 32.2. The molecule has 0 fully saturated rings. The first kappa shape index (κ1) is 20.3. The summed E-state index contributed by atoms with van der Waals surface area (Å²) in [4.78, 5) is 29.8. The number of anilines is 1. The molecule has 1 N–H and O–H groups in total. The minimum atomic E-state index is -4.04. The van der Waals surface area contributed by atoms with Gasteiger partial charge in [-0.3, -0.25) is 9.10 Å². The first-order chi connectivity index (χ1) is 14.9. The van der Waals surface area contributed by atoms with Crippen LogP contribution in [0.1, 0.15) is 15.9 Å². The summed E-state index contributed by atoms with van der Waals surface area (Å²) in [6.45, 7) is 0. The second-order valence-corrected chi connectivity index (χ2v) is 8.51. The van der Waals surface area contributed by atoms with E-state index in [1.165, 1.54) is 25.4 Å². The standard InChI is InChI=1S/C22H17N3O5S/c1-25-19(21(26)24-18-13-7-8-14-23-18)20(30-22(27)15-9-3-2-4-10-15)16-11-5-6-12-17(16)31(25,28)29/h2-14H,1H3,(H,23,24,26). The number of benzene rings is 2. The fourth-order valence-electron chi connectivity index (χ4n) is 3.10. The molecule has 1 aromatic heterocycles. The number of nitrogens with one attached hydrogen (secondary N) is 1. The number of esters is 1. The third kappa shape index (κ3) is 3.78. The van der Waals surface area contributed by atoms with Crippen LogP contribution in [-0.2, 0) is 19.6 Å². The second-order valence-electron chi connectivity index (χ2n) is 6.57. The van der Waals surface area contributed by atoms with Gasteiger partial charge in [0, 0.05) is 18.8 Å². The predicted octanol–water partition coefficient (Wildman–Crippen LogP) is 2.88.